The van der Waals surface area contributed by atoms with Crippen LogP contribution in [-0.4, -0.2) is 11.1 Å². The van der Waals surface area contributed by atoms with E-state index in [4.69, 9.17) is 21.4 Å². The fourth-order valence-corrected chi connectivity index (χ4v) is 2.06. The summed E-state index contributed by atoms with van der Waals surface area (Å²) in [6.07, 6.45) is 0.842. The predicted octanol–water partition coefficient (Wildman–Crippen LogP) is 4.32. The van der Waals surface area contributed by atoms with Gasteiger partial charge in [-0.05, 0) is 42.3 Å². The number of benzene rings is 2. The maximum atomic E-state index is 10.9. The van der Waals surface area contributed by atoms with Crippen LogP contribution in [0.5, 0.6) is 11.5 Å². The van der Waals surface area contributed by atoms with Gasteiger partial charge >= 0.3 is 5.97 Å². The van der Waals surface area contributed by atoms with Crippen LogP contribution in [0.25, 0.3) is 0 Å². The average molecular weight is 291 g/mol. The number of aliphatic carboxylic acids is 1. The smallest absolute Gasteiger partial charge is 0.307 e. The summed E-state index contributed by atoms with van der Waals surface area (Å²) in [5.41, 5.74) is 1.78. The minimum Gasteiger partial charge on any atom is -0.481 e. The molecule has 3 nitrogen and oxygen atoms in total. The lowest BCUT2D eigenvalue weighted by atomic mass is 10.1. The zero-order valence-corrected chi connectivity index (χ0v) is 11.9. The van der Waals surface area contributed by atoms with E-state index in [0.717, 1.165) is 6.42 Å². The Morgan fingerprint density at radius 2 is 1.90 bits per heavy atom. The Hall–Kier alpha value is -2.00. The third-order valence-corrected chi connectivity index (χ3v) is 3.16. The highest BCUT2D eigenvalue weighted by Crippen LogP contribution is 2.28. The first kappa shape index (κ1) is 14.4. The Labute approximate surface area is 122 Å². The summed E-state index contributed by atoms with van der Waals surface area (Å²) in [5.74, 6) is 0.274. The minimum absolute atomic E-state index is 0.122. The molecule has 0 aliphatic carbocycles. The van der Waals surface area contributed by atoms with Gasteiger partial charge in [0.25, 0.3) is 0 Å². The predicted molar refractivity (Wildman–Crippen MR) is 78.7 cm³/mol. The molecule has 0 unspecified atom stereocenters. The van der Waals surface area contributed by atoms with Gasteiger partial charge in [0, 0.05) is 10.6 Å². The molecule has 0 bridgehead atoms. The molecule has 0 fully saturated rings. The number of rotatable bonds is 5. The Bertz CT molecular complexity index is 606. The number of ether oxygens (including phenoxy) is 1. The van der Waals surface area contributed by atoms with Crippen molar-refractivity contribution in [3.05, 3.63) is 58.6 Å². The van der Waals surface area contributed by atoms with Crippen molar-refractivity contribution in [2.24, 2.45) is 0 Å². The van der Waals surface area contributed by atoms with Crippen LogP contribution in [0.2, 0.25) is 5.02 Å². The monoisotopic (exact) mass is 290 g/mol. The lowest BCUT2D eigenvalue weighted by Gasteiger charge is -2.11. The molecule has 104 valence electrons. The van der Waals surface area contributed by atoms with E-state index >= 15 is 0 Å². The van der Waals surface area contributed by atoms with Crippen molar-refractivity contribution in [2.45, 2.75) is 19.8 Å². The molecule has 0 aromatic heterocycles. The normalized spacial score (nSPS) is 10.3. The van der Waals surface area contributed by atoms with E-state index in [1.807, 2.05) is 24.3 Å². The molecular weight excluding hydrogens is 276 g/mol. The molecule has 0 heterocycles. The topological polar surface area (TPSA) is 46.5 Å². The van der Waals surface area contributed by atoms with Gasteiger partial charge in [-0.25, -0.2) is 0 Å². The maximum absolute atomic E-state index is 10.9. The highest BCUT2D eigenvalue weighted by atomic mass is 35.5. The molecule has 0 aliphatic heterocycles. The van der Waals surface area contributed by atoms with E-state index in [-0.39, 0.29) is 6.42 Å². The minimum atomic E-state index is -0.918. The molecule has 0 aliphatic rings. The van der Waals surface area contributed by atoms with Crippen molar-refractivity contribution >= 4 is 17.6 Å². The molecule has 4 heteroatoms. The van der Waals surface area contributed by atoms with Gasteiger partial charge in [-0.3, -0.25) is 4.79 Å². The summed E-state index contributed by atoms with van der Waals surface area (Å²) in [6, 6.07) is 12.7. The van der Waals surface area contributed by atoms with E-state index in [9.17, 15) is 4.79 Å². The Balaban J connectivity index is 2.25. The molecule has 2 rings (SSSR count). The highest BCUT2D eigenvalue weighted by molar-refractivity contribution is 6.30. The fourth-order valence-electron chi connectivity index (χ4n) is 1.87. The SMILES string of the molecule is CCc1ccc(Oc2ccc(Cl)cc2CC(=O)O)cc1. The van der Waals surface area contributed by atoms with Crippen LogP contribution in [-0.2, 0) is 17.6 Å². The second-order valence-electron chi connectivity index (χ2n) is 4.42. The molecule has 2 aromatic carbocycles. The number of carboxylic acids is 1. The van der Waals surface area contributed by atoms with Crippen LogP contribution in [0, 0.1) is 0 Å². The fraction of sp³-hybridized carbons (Fsp3) is 0.188. The number of hydrogen-bond donors (Lipinski definition) is 1. The number of carbonyl (C=O) groups is 1. The lowest BCUT2D eigenvalue weighted by molar-refractivity contribution is -0.136. The van der Waals surface area contributed by atoms with Gasteiger partial charge in [0.2, 0.25) is 0 Å². The van der Waals surface area contributed by atoms with Gasteiger partial charge in [0.1, 0.15) is 11.5 Å². The summed E-state index contributed by atoms with van der Waals surface area (Å²) < 4.78 is 5.74. The van der Waals surface area contributed by atoms with E-state index in [1.54, 1.807) is 18.2 Å². The third kappa shape index (κ3) is 3.75. The molecule has 0 atom stereocenters. The van der Waals surface area contributed by atoms with Gasteiger partial charge in [0.05, 0.1) is 6.42 Å². The van der Waals surface area contributed by atoms with Crippen LogP contribution >= 0.6 is 11.6 Å². The van der Waals surface area contributed by atoms with Crippen molar-refractivity contribution < 1.29 is 14.6 Å². The molecular formula is C16H15ClO3. The van der Waals surface area contributed by atoms with Crippen molar-refractivity contribution in [3.63, 3.8) is 0 Å². The number of carboxylic acid groups (broad SMARTS) is 1. The first-order chi connectivity index (χ1) is 9.58. The average Bonchev–Trinajstić information content (AvgIpc) is 2.42. The van der Waals surface area contributed by atoms with Gasteiger partial charge < -0.3 is 9.84 Å². The van der Waals surface area contributed by atoms with Crippen molar-refractivity contribution in [3.8, 4) is 11.5 Å². The second-order valence-corrected chi connectivity index (χ2v) is 4.86. The van der Waals surface area contributed by atoms with Crippen LogP contribution in [0.3, 0.4) is 0 Å². The van der Waals surface area contributed by atoms with Crippen LogP contribution in [0.4, 0.5) is 0 Å². The van der Waals surface area contributed by atoms with E-state index in [2.05, 4.69) is 6.92 Å². The van der Waals surface area contributed by atoms with Gasteiger partial charge in [-0.15, -0.1) is 0 Å². The summed E-state index contributed by atoms with van der Waals surface area (Å²) in [7, 11) is 0. The highest BCUT2D eigenvalue weighted by Gasteiger charge is 2.10. The molecule has 0 spiro atoms. The van der Waals surface area contributed by atoms with E-state index < -0.39 is 5.97 Å². The summed E-state index contributed by atoms with van der Waals surface area (Å²) in [6.45, 7) is 2.08. The summed E-state index contributed by atoms with van der Waals surface area (Å²) >= 11 is 5.89. The van der Waals surface area contributed by atoms with Crippen LogP contribution in [0.15, 0.2) is 42.5 Å². The summed E-state index contributed by atoms with van der Waals surface area (Å²) in [5, 5.41) is 9.41. The zero-order chi connectivity index (χ0) is 14.5. The molecule has 2 aromatic rings. The van der Waals surface area contributed by atoms with Crippen molar-refractivity contribution in [2.75, 3.05) is 0 Å². The third-order valence-electron chi connectivity index (χ3n) is 2.92. The van der Waals surface area contributed by atoms with Crippen LogP contribution < -0.4 is 4.74 Å². The Kier molecular flexibility index (Phi) is 4.64. The quantitative estimate of drug-likeness (QED) is 0.892. The van der Waals surface area contributed by atoms with Gasteiger partial charge in [0.15, 0.2) is 0 Å². The lowest BCUT2D eigenvalue weighted by Crippen LogP contribution is -2.02. The molecule has 1 N–H and O–H groups in total. The van der Waals surface area contributed by atoms with E-state index in [1.165, 1.54) is 5.56 Å². The molecule has 0 radical (unpaired) electrons. The summed E-state index contributed by atoms with van der Waals surface area (Å²) in [4.78, 5) is 10.9. The molecule has 0 saturated carbocycles. The molecule has 0 amide bonds. The molecule has 20 heavy (non-hydrogen) atoms. The molecule has 0 saturated heterocycles. The zero-order valence-electron chi connectivity index (χ0n) is 11.1. The van der Waals surface area contributed by atoms with Crippen molar-refractivity contribution in [1.29, 1.82) is 0 Å². The maximum Gasteiger partial charge on any atom is 0.307 e. The number of aryl methyl sites for hydroxylation is 1. The van der Waals surface area contributed by atoms with Crippen LogP contribution in [0.1, 0.15) is 18.1 Å². The standard InChI is InChI=1S/C16H15ClO3/c1-2-11-3-6-14(7-4-11)20-15-8-5-13(17)9-12(15)10-16(18)19/h3-9H,2,10H2,1H3,(H,18,19). The largest absolute Gasteiger partial charge is 0.481 e. The van der Waals surface area contributed by atoms with E-state index in [0.29, 0.717) is 22.1 Å². The first-order valence-electron chi connectivity index (χ1n) is 6.35. The Morgan fingerprint density at radius 1 is 1.20 bits per heavy atom. The first-order valence-corrected chi connectivity index (χ1v) is 6.73. The van der Waals surface area contributed by atoms with Gasteiger partial charge in [-0.1, -0.05) is 30.7 Å². The number of hydrogen-bond acceptors (Lipinski definition) is 2. The number of halogens is 1. The second kappa shape index (κ2) is 6.44. The Morgan fingerprint density at radius 3 is 2.50 bits per heavy atom. The van der Waals surface area contributed by atoms with Gasteiger partial charge in [-0.2, -0.15) is 0 Å². The van der Waals surface area contributed by atoms with Crippen molar-refractivity contribution in [1.82, 2.24) is 0 Å².